The molecule has 0 saturated carbocycles. The van der Waals surface area contributed by atoms with E-state index in [4.69, 9.17) is 0 Å². The Morgan fingerprint density at radius 2 is 1.48 bits per heavy atom. The summed E-state index contributed by atoms with van der Waals surface area (Å²) >= 11 is 0. The summed E-state index contributed by atoms with van der Waals surface area (Å²) in [7, 11) is 4.04. The van der Waals surface area contributed by atoms with Crippen molar-refractivity contribution in [2.45, 2.75) is 20.4 Å². The number of nitrogens with one attached hydrogen (secondary N) is 3. The van der Waals surface area contributed by atoms with Gasteiger partial charge in [-0.2, -0.15) is 0 Å². The van der Waals surface area contributed by atoms with Gasteiger partial charge in [-0.15, -0.1) is 0 Å². The summed E-state index contributed by atoms with van der Waals surface area (Å²) in [4.78, 5) is 26.7. The van der Waals surface area contributed by atoms with Gasteiger partial charge in [-0.05, 0) is 43.3 Å². The Kier molecular flexibility index (Phi) is 7.37. The van der Waals surface area contributed by atoms with Gasteiger partial charge in [0.25, 0.3) is 5.91 Å². The fourth-order valence-electron chi connectivity index (χ4n) is 2.79. The molecule has 6 nitrogen and oxygen atoms in total. The molecule has 0 heterocycles. The van der Waals surface area contributed by atoms with Gasteiger partial charge in [-0.1, -0.05) is 12.1 Å². The Labute approximate surface area is 161 Å². The van der Waals surface area contributed by atoms with Crippen LogP contribution in [-0.4, -0.2) is 39.0 Å². The molecular formula is C21H29N4O2+. The third-order valence-electron chi connectivity index (χ3n) is 4.31. The highest BCUT2D eigenvalue weighted by Crippen LogP contribution is 2.13. The van der Waals surface area contributed by atoms with Gasteiger partial charge in [-0.25, -0.2) is 0 Å². The summed E-state index contributed by atoms with van der Waals surface area (Å²) in [5.41, 5.74) is 3.81. The SMILES string of the molecule is CC[NH+](CC(=O)Nc1ccc(NC(C)=O)cc1)Cc1ccc(N(C)C)cc1. The summed E-state index contributed by atoms with van der Waals surface area (Å²) in [5, 5.41) is 5.62. The van der Waals surface area contributed by atoms with Gasteiger partial charge in [0.1, 0.15) is 6.54 Å². The fourth-order valence-corrected chi connectivity index (χ4v) is 2.79. The molecule has 3 N–H and O–H groups in total. The number of carbonyl (C=O) groups is 2. The van der Waals surface area contributed by atoms with Crippen molar-refractivity contribution in [3.8, 4) is 0 Å². The number of likely N-dealkylation sites (N-methyl/N-ethyl adjacent to an activating group) is 1. The number of anilines is 3. The van der Waals surface area contributed by atoms with Crippen LogP contribution >= 0.6 is 0 Å². The summed E-state index contributed by atoms with van der Waals surface area (Å²) in [6.45, 7) is 5.62. The van der Waals surface area contributed by atoms with Crippen molar-refractivity contribution in [1.82, 2.24) is 0 Å². The first-order chi connectivity index (χ1) is 12.9. The molecule has 0 aromatic heterocycles. The number of benzene rings is 2. The van der Waals surface area contributed by atoms with Crippen LogP contribution < -0.4 is 20.4 Å². The zero-order valence-electron chi connectivity index (χ0n) is 16.5. The lowest BCUT2D eigenvalue weighted by atomic mass is 10.2. The van der Waals surface area contributed by atoms with E-state index < -0.39 is 0 Å². The number of carbonyl (C=O) groups excluding carboxylic acids is 2. The Morgan fingerprint density at radius 1 is 0.926 bits per heavy atom. The number of hydrogen-bond acceptors (Lipinski definition) is 3. The Morgan fingerprint density at radius 3 is 1.96 bits per heavy atom. The predicted molar refractivity (Wildman–Crippen MR) is 110 cm³/mol. The van der Waals surface area contributed by atoms with Gasteiger partial charge in [0.15, 0.2) is 6.54 Å². The van der Waals surface area contributed by atoms with Gasteiger partial charge in [0.2, 0.25) is 5.91 Å². The van der Waals surface area contributed by atoms with Gasteiger partial charge in [0, 0.05) is 43.6 Å². The predicted octanol–water partition coefficient (Wildman–Crippen LogP) is 1.75. The minimum absolute atomic E-state index is 0.0240. The van der Waals surface area contributed by atoms with E-state index >= 15 is 0 Å². The van der Waals surface area contributed by atoms with Gasteiger partial charge in [0.05, 0.1) is 6.54 Å². The lowest BCUT2D eigenvalue weighted by Gasteiger charge is -2.18. The number of nitrogens with zero attached hydrogens (tertiary/aromatic N) is 1. The molecule has 0 radical (unpaired) electrons. The largest absolute Gasteiger partial charge is 0.378 e. The van der Waals surface area contributed by atoms with Crippen LogP contribution in [-0.2, 0) is 16.1 Å². The van der Waals surface area contributed by atoms with Crippen LogP contribution in [0.4, 0.5) is 17.1 Å². The molecule has 144 valence electrons. The van der Waals surface area contributed by atoms with Crippen molar-refractivity contribution in [1.29, 1.82) is 0 Å². The maximum atomic E-state index is 12.4. The molecule has 2 rings (SSSR count). The topological polar surface area (TPSA) is 65.9 Å². The van der Waals surface area contributed by atoms with E-state index in [2.05, 4.69) is 46.7 Å². The van der Waals surface area contributed by atoms with Crippen LogP contribution in [0.15, 0.2) is 48.5 Å². The second-order valence-corrected chi connectivity index (χ2v) is 6.82. The number of quaternary nitrogens is 1. The summed E-state index contributed by atoms with van der Waals surface area (Å²) in [5.74, 6) is -0.142. The van der Waals surface area contributed by atoms with Crippen molar-refractivity contribution >= 4 is 28.9 Å². The van der Waals surface area contributed by atoms with E-state index in [-0.39, 0.29) is 11.8 Å². The molecule has 6 heteroatoms. The van der Waals surface area contributed by atoms with E-state index in [1.54, 1.807) is 24.3 Å². The smallest absolute Gasteiger partial charge is 0.279 e. The summed E-state index contributed by atoms with van der Waals surface area (Å²) in [6, 6.07) is 15.5. The molecular weight excluding hydrogens is 340 g/mol. The van der Waals surface area contributed by atoms with Crippen LogP contribution in [0.25, 0.3) is 0 Å². The fraction of sp³-hybridized carbons (Fsp3) is 0.333. The van der Waals surface area contributed by atoms with Crippen molar-refractivity contribution in [3.63, 3.8) is 0 Å². The van der Waals surface area contributed by atoms with Crippen molar-refractivity contribution in [2.75, 3.05) is 42.7 Å². The zero-order chi connectivity index (χ0) is 19.8. The normalized spacial score (nSPS) is 11.6. The van der Waals surface area contributed by atoms with E-state index in [1.807, 2.05) is 14.1 Å². The van der Waals surface area contributed by atoms with Crippen molar-refractivity contribution < 1.29 is 14.5 Å². The highest BCUT2D eigenvalue weighted by Gasteiger charge is 2.13. The first-order valence-corrected chi connectivity index (χ1v) is 9.14. The average molecular weight is 369 g/mol. The second-order valence-electron chi connectivity index (χ2n) is 6.82. The molecule has 0 aliphatic carbocycles. The van der Waals surface area contributed by atoms with Crippen molar-refractivity contribution in [2.24, 2.45) is 0 Å². The molecule has 2 aromatic rings. The van der Waals surface area contributed by atoms with Crippen LogP contribution in [0.2, 0.25) is 0 Å². The first kappa shape index (κ1) is 20.5. The van der Waals surface area contributed by atoms with Crippen LogP contribution in [0.5, 0.6) is 0 Å². The first-order valence-electron chi connectivity index (χ1n) is 9.14. The molecule has 0 aliphatic heterocycles. The molecule has 1 unspecified atom stereocenters. The van der Waals surface area contributed by atoms with Gasteiger partial charge in [-0.3, -0.25) is 9.59 Å². The molecule has 0 spiro atoms. The van der Waals surface area contributed by atoms with Crippen LogP contribution in [0.3, 0.4) is 0 Å². The number of rotatable bonds is 8. The van der Waals surface area contributed by atoms with E-state index in [0.29, 0.717) is 12.2 Å². The lowest BCUT2D eigenvalue weighted by molar-refractivity contribution is -0.903. The Bertz CT molecular complexity index is 755. The minimum Gasteiger partial charge on any atom is -0.378 e. The molecule has 2 amide bonds. The molecule has 0 bridgehead atoms. The third kappa shape index (κ3) is 6.75. The molecule has 27 heavy (non-hydrogen) atoms. The summed E-state index contributed by atoms with van der Waals surface area (Å²) < 4.78 is 0. The maximum absolute atomic E-state index is 12.4. The second kappa shape index (κ2) is 9.73. The standard InChI is InChI=1S/C21H28N4O2/c1-5-25(14-17-6-12-20(13-7-17)24(3)4)15-21(27)23-19-10-8-18(9-11-19)22-16(2)26/h6-13H,5,14-15H2,1-4H3,(H,22,26)(H,23,27)/p+1. The number of hydrogen-bond donors (Lipinski definition) is 3. The van der Waals surface area contributed by atoms with Crippen LogP contribution in [0.1, 0.15) is 19.4 Å². The average Bonchev–Trinajstić information content (AvgIpc) is 2.62. The van der Waals surface area contributed by atoms with E-state index in [9.17, 15) is 9.59 Å². The highest BCUT2D eigenvalue weighted by molar-refractivity contribution is 5.92. The maximum Gasteiger partial charge on any atom is 0.279 e. The molecule has 0 saturated heterocycles. The zero-order valence-corrected chi connectivity index (χ0v) is 16.5. The number of amides is 2. The molecule has 2 aromatic carbocycles. The molecule has 0 fully saturated rings. The van der Waals surface area contributed by atoms with Crippen LogP contribution in [0, 0.1) is 0 Å². The van der Waals surface area contributed by atoms with Gasteiger partial charge >= 0.3 is 0 Å². The Balaban J connectivity index is 1.89. The van der Waals surface area contributed by atoms with Crippen molar-refractivity contribution in [3.05, 3.63) is 54.1 Å². The third-order valence-corrected chi connectivity index (χ3v) is 4.31. The van der Waals surface area contributed by atoms with E-state index in [0.717, 1.165) is 24.5 Å². The lowest BCUT2D eigenvalue weighted by Crippen LogP contribution is -3.11. The highest BCUT2D eigenvalue weighted by atomic mass is 16.2. The monoisotopic (exact) mass is 369 g/mol. The quantitative estimate of drug-likeness (QED) is 0.664. The summed E-state index contributed by atoms with van der Waals surface area (Å²) in [6.07, 6.45) is 0. The minimum atomic E-state index is -0.118. The van der Waals surface area contributed by atoms with E-state index in [1.165, 1.54) is 17.4 Å². The molecule has 1 atom stereocenters. The Hall–Kier alpha value is -2.86. The van der Waals surface area contributed by atoms with Gasteiger partial charge < -0.3 is 20.4 Å². The molecule has 0 aliphatic rings.